The molecule has 0 aliphatic rings. The van der Waals surface area contributed by atoms with Crippen LogP contribution in [-0.4, -0.2) is 18.2 Å². The number of oxime groups is 1. The molecule has 0 saturated heterocycles. The molecule has 0 unspecified atom stereocenters. The lowest BCUT2D eigenvalue weighted by Gasteiger charge is -2.10. The minimum atomic E-state index is -0.748. The highest BCUT2D eigenvalue weighted by Gasteiger charge is 2.14. The number of rotatable bonds is 5. The molecule has 0 bridgehead atoms. The molecule has 0 radical (unpaired) electrons. The molecule has 0 fully saturated rings. The van der Waals surface area contributed by atoms with Crippen molar-refractivity contribution in [2.75, 3.05) is 5.32 Å². The van der Waals surface area contributed by atoms with Gasteiger partial charge in [0, 0.05) is 5.69 Å². The summed E-state index contributed by atoms with van der Waals surface area (Å²) in [6.07, 6.45) is 0.807. The van der Waals surface area contributed by atoms with E-state index in [2.05, 4.69) is 10.5 Å². The number of benzene rings is 2. The Morgan fingerprint density at radius 2 is 2.04 bits per heavy atom. The molecule has 2 aromatic rings. The Hall–Kier alpha value is -3.13. The molecule has 2 aromatic carbocycles. The number of carbonyl (C=O) groups is 1. The highest BCUT2D eigenvalue weighted by molar-refractivity contribution is 5.94. The Labute approximate surface area is 135 Å². The van der Waals surface area contributed by atoms with E-state index in [1.807, 2.05) is 37.3 Å². The zero-order chi connectivity index (χ0) is 16.7. The zero-order valence-electron chi connectivity index (χ0n) is 13.0. The van der Waals surface area contributed by atoms with Crippen LogP contribution in [0, 0.1) is 18.3 Å². The summed E-state index contributed by atoms with van der Waals surface area (Å²) in [6.45, 7) is 3.61. The van der Waals surface area contributed by atoms with Crippen LogP contribution in [0.3, 0.4) is 0 Å². The van der Waals surface area contributed by atoms with Gasteiger partial charge in [0.05, 0.1) is 17.8 Å². The summed E-state index contributed by atoms with van der Waals surface area (Å²) in [7, 11) is 0. The van der Waals surface area contributed by atoms with Crippen LogP contribution >= 0.6 is 0 Å². The van der Waals surface area contributed by atoms with Gasteiger partial charge in [0.1, 0.15) is 0 Å². The van der Waals surface area contributed by atoms with Crippen LogP contribution in [0.5, 0.6) is 0 Å². The summed E-state index contributed by atoms with van der Waals surface area (Å²) >= 11 is 0. The molecule has 0 spiro atoms. The SMILES string of the molecule is Cc1ccc(/C=N\O[C@@H](C)C(=O)Nc2cccc(C#N)c2)cc1. The van der Waals surface area contributed by atoms with Crippen molar-refractivity contribution in [1.29, 1.82) is 5.26 Å². The fourth-order valence-electron chi connectivity index (χ4n) is 1.79. The number of aryl methyl sites for hydroxylation is 1. The third-order valence-corrected chi connectivity index (χ3v) is 3.13. The number of hydrogen-bond acceptors (Lipinski definition) is 4. The summed E-state index contributed by atoms with van der Waals surface area (Å²) in [5, 5.41) is 15.4. The molecule has 0 aliphatic heterocycles. The van der Waals surface area contributed by atoms with Crippen LogP contribution in [0.15, 0.2) is 53.7 Å². The van der Waals surface area contributed by atoms with Gasteiger partial charge in [-0.3, -0.25) is 4.79 Å². The number of nitrogens with zero attached hydrogens (tertiary/aromatic N) is 2. The van der Waals surface area contributed by atoms with E-state index in [1.165, 1.54) is 0 Å². The summed E-state index contributed by atoms with van der Waals surface area (Å²) in [5.74, 6) is -0.332. The van der Waals surface area contributed by atoms with Gasteiger partial charge in [-0.1, -0.05) is 41.1 Å². The maximum absolute atomic E-state index is 12.0. The van der Waals surface area contributed by atoms with Gasteiger partial charge in [0.2, 0.25) is 6.10 Å². The molecule has 116 valence electrons. The molecule has 1 amide bonds. The van der Waals surface area contributed by atoms with E-state index in [1.54, 1.807) is 37.4 Å². The van der Waals surface area contributed by atoms with Gasteiger partial charge in [-0.15, -0.1) is 0 Å². The van der Waals surface area contributed by atoms with Gasteiger partial charge in [-0.05, 0) is 37.6 Å². The Morgan fingerprint density at radius 3 is 2.74 bits per heavy atom. The van der Waals surface area contributed by atoms with Gasteiger partial charge in [-0.25, -0.2) is 0 Å². The lowest BCUT2D eigenvalue weighted by molar-refractivity contribution is -0.126. The van der Waals surface area contributed by atoms with Crippen molar-refractivity contribution >= 4 is 17.8 Å². The molecule has 1 atom stereocenters. The van der Waals surface area contributed by atoms with Crippen molar-refractivity contribution in [2.45, 2.75) is 20.0 Å². The second kappa shape index (κ2) is 7.76. The fraction of sp³-hybridized carbons (Fsp3) is 0.167. The van der Waals surface area contributed by atoms with Crippen molar-refractivity contribution in [2.24, 2.45) is 5.16 Å². The Bertz CT molecular complexity index is 746. The normalized spacial score (nSPS) is 11.7. The Balaban J connectivity index is 1.89. The summed E-state index contributed by atoms with van der Waals surface area (Å²) < 4.78 is 0. The maximum Gasteiger partial charge on any atom is 0.267 e. The molecule has 1 N–H and O–H groups in total. The Kier molecular flexibility index (Phi) is 5.48. The third-order valence-electron chi connectivity index (χ3n) is 3.13. The molecule has 5 heteroatoms. The lowest BCUT2D eigenvalue weighted by atomic mass is 10.2. The average Bonchev–Trinajstić information content (AvgIpc) is 2.56. The van der Waals surface area contributed by atoms with Crippen LogP contribution in [0.2, 0.25) is 0 Å². The standard InChI is InChI=1S/C18H17N3O2/c1-13-6-8-15(9-7-13)12-20-23-14(2)18(22)21-17-5-3-4-16(10-17)11-19/h3-10,12,14H,1-2H3,(H,21,22)/b20-12-/t14-/m0/s1. The van der Waals surface area contributed by atoms with E-state index < -0.39 is 6.10 Å². The molecule has 5 nitrogen and oxygen atoms in total. The van der Waals surface area contributed by atoms with E-state index in [4.69, 9.17) is 10.1 Å². The topological polar surface area (TPSA) is 74.5 Å². The second-order valence-corrected chi connectivity index (χ2v) is 5.07. The van der Waals surface area contributed by atoms with Gasteiger partial charge in [0.25, 0.3) is 5.91 Å². The monoisotopic (exact) mass is 307 g/mol. The number of amides is 1. The minimum Gasteiger partial charge on any atom is -0.383 e. The van der Waals surface area contributed by atoms with Crippen molar-refractivity contribution in [3.8, 4) is 6.07 Å². The molecule has 0 aliphatic carbocycles. The molecule has 0 saturated carbocycles. The second-order valence-electron chi connectivity index (χ2n) is 5.07. The van der Waals surface area contributed by atoms with E-state index >= 15 is 0 Å². The van der Waals surface area contributed by atoms with E-state index in [9.17, 15) is 4.79 Å². The number of anilines is 1. The first-order chi connectivity index (χ1) is 11.1. The fourth-order valence-corrected chi connectivity index (χ4v) is 1.79. The summed E-state index contributed by atoms with van der Waals surface area (Å²) in [6, 6.07) is 16.5. The van der Waals surface area contributed by atoms with Crippen LogP contribution in [0.25, 0.3) is 0 Å². The molecule has 23 heavy (non-hydrogen) atoms. The number of hydrogen-bond donors (Lipinski definition) is 1. The molecular weight excluding hydrogens is 290 g/mol. The van der Waals surface area contributed by atoms with E-state index in [-0.39, 0.29) is 5.91 Å². The first-order valence-corrected chi connectivity index (χ1v) is 7.15. The van der Waals surface area contributed by atoms with Crippen LogP contribution in [-0.2, 0) is 9.63 Å². The zero-order valence-corrected chi connectivity index (χ0v) is 13.0. The number of nitrogens with one attached hydrogen (secondary N) is 1. The minimum absolute atomic E-state index is 0.332. The van der Waals surface area contributed by atoms with E-state index in [0.717, 1.165) is 11.1 Å². The highest BCUT2D eigenvalue weighted by Crippen LogP contribution is 2.10. The van der Waals surface area contributed by atoms with Gasteiger partial charge in [0.15, 0.2) is 0 Å². The molecular formula is C18H17N3O2. The van der Waals surface area contributed by atoms with Crippen molar-refractivity contribution in [1.82, 2.24) is 0 Å². The van der Waals surface area contributed by atoms with Crippen LogP contribution in [0.1, 0.15) is 23.6 Å². The third kappa shape index (κ3) is 4.97. The maximum atomic E-state index is 12.0. The number of nitriles is 1. The number of carbonyl (C=O) groups excluding carboxylic acids is 1. The quantitative estimate of drug-likeness (QED) is 0.680. The molecule has 0 heterocycles. The van der Waals surface area contributed by atoms with Crippen LogP contribution in [0.4, 0.5) is 5.69 Å². The smallest absolute Gasteiger partial charge is 0.267 e. The first-order valence-electron chi connectivity index (χ1n) is 7.15. The lowest BCUT2D eigenvalue weighted by Crippen LogP contribution is -2.26. The van der Waals surface area contributed by atoms with Gasteiger partial charge in [-0.2, -0.15) is 5.26 Å². The van der Waals surface area contributed by atoms with Gasteiger partial charge >= 0.3 is 0 Å². The summed E-state index contributed by atoms with van der Waals surface area (Å²) in [5.41, 5.74) is 3.08. The largest absolute Gasteiger partial charge is 0.383 e. The Morgan fingerprint density at radius 1 is 1.30 bits per heavy atom. The van der Waals surface area contributed by atoms with Crippen molar-refractivity contribution in [3.05, 3.63) is 65.2 Å². The van der Waals surface area contributed by atoms with E-state index in [0.29, 0.717) is 11.3 Å². The molecule has 0 aromatic heterocycles. The predicted molar refractivity (Wildman–Crippen MR) is 89.1 cm³/mol. The summed E-state index contributed by atoms with van der Waals surface area (Å²) in [4.78, 5) is 17.2. The highest BCUT2D eigenvalue weighted by atomic mass is 16.6. The van der Waals surface area contributed by atoms with Crippen molar-refractivity contribution < 1.29 is 9.63 Å². The predicted octanol–water partition coefficient (Wildman–Crippen LogP) is 3.24. The van der Waals surface area contributed by atoms with Crippen LogP contribution < -0.4 is 5.32 Å². The van der Waals surface area contributed by atoms with Gasteiger partial charge < -0.3 is 10.2 Å². The molecule has 2 rings (SSSR count). The average molecular weight is 307 g/mol. The van der Waals surface area contributed by atoms with Crippen molar-refractivity contribution in [3.63, 3.8) is 0 Å². The first kappa shape index (κ1) is 16.2.